The Balaban J connectivity index is 1.40. The fourth-order valence-corrected chi connectivity index (χ4v) is 6.07. The van der Waals surface area contributed by atoms with Crippen molar-refractivity contribution in [1.82, 2.24) is 4.72 Å². The van der Waals surface area contributed by atoms with Gasteiger partial charge in [-0.05, 0) is 87.3 Å². The number of amides is 1. The first-order valence-electron chi connectivity index (χ1n) is 9.82. The minimum Gasteiger partial charge on any atom is -0.456 e. The van der Waals surface area contributed by atoms with Gasteiger partial charge >= 0.3 is 0 Å². The Hall–Kier alpha value is -2.12. The summed E-state index contributed by atoms with van der Waals surface area (Å²) in [6, 6.07) is 9.45. The van der Waals surface area contributed by atoms with Crippen molar-refractivity contribution in [3.05, 3.63) is 47.9 Å². The van der Waals surface area contributed by atoms with Gasteiger partial charge in [0.2, 0.25) is 10.0 Å². The molecular formula is C21H26N2O4S. The number of benzene rings is 1. The van der Waals surface area contributed by atoms with Gasteiger partial charge in [-0.1, -0.05) is 6.42 Å². The lowest BCUT2D eigenvalue weighted by atomic mass is 9.84. The van der Waals surface area contributed by atoms with Crippen molar-refractivity contribution in [2.75, 3.05) is 5.32 Å². The number of anilines is 1. The number of hydrogen-bond donors (Lipinski definition) is 2. The number of furan rings is 1. The summed E-state index contributed by atoms with van der Waals surface area (Å²) in [5, 5.41) is 2.71. The minimum atomic E-state index is -3.59. The van der Waals surface area contributed by atoms with Crippen molar-refractivity contribution in [1.29, 1.82) is 0 Å². The van der Waals surface area contributed by atoms with Gasteiger partial charge in [0.1, 0.15) is 5.76 Å². The van der Waals surface area contributed by atoms with Gasteiger partial charge in [0.25, 0.3) is 5.91 Å². The van der Waals surface area contributed by atoms with Crippen LogP contribution in [-0.2, 0) is 10.0 Å². The molecule has 2 fully saturated rings. The number of carbonyl (C=O) groups excluding carboxylic acids is 1. The highest BCUT2D eigenvalue weighted by Crippen LogP contribution is 2.49. The number of carbonyl (C=O) groups is 1. The number of nitrogens with one attached hydrogen (secondary N) is 2. The third-order valence-corrected chi connectivity index (χ3v) is 7.74. The zero-order valence-corrected chi connectivity index (χ0v) is 17.0. The van der Waals surface area contributed by atoms with Crippen LogP contribution in [0.25, 0.3) is 0 Å². The van der Waals surface area contributed by atoms with Crippen molar-refractivity contribution in [2.45, 2.75) is 50.5 Å². The molecule has 0 aliphatic heterocycles. The van der Waals surface area contributed by atoms with Crippen molar-refractivity contribution in [3.63, 3.8) is 0 Å². The van der Waals surface area contributed by atoms with Gasteiger partial charge in [0, 0.05) is 11.7 Å². The summed E-state index contributed by atoms with van der Waals surface area (Å²) in [4.78, 5) is 12.3. The molecule has 7 heteroatoms. The summed E-state index contributed by atoms with van der Waals surface area (Å²) in [5.74, 6) is 2.38. The van der Waals surface area contributed by atoms with Crippen LogP contribution >= 0.6 is 0 Å². The molecule has 4 atom stereocenters. The number of rotatable bonds is 6. The Morgan fingerprint density at radius 1 is 1.11 bits per heavy atom. The van der Waals surface area contributed by atoms with E-state index in [1.165, 1.54) is 31.4 Å². The van der Waals surface area contributed by atoms with Crippen molar-refractivity contribution >= 4 is 21.6 Å². The molecule has 0 spiro atoms. The topological polar surface area (TPSA) is 88.4 Å². The van der Waals surface area contributed by atoms with Crippen LogP contribution in [0.3, 0.4) is 0 Å². The molecular weight excluding hydrogens is 376 g/mol. The summed E-state index contributed by atoms with van der Waals surface area (Å²) >= 11 is 0. The second-order valence-electron chi connectivity index (χ2n) is 8.14. The van der Waals surface area contributed by atoms with E-state index in [2.05, 4.69) is 10.0 Å². The Bertz CT molecular complexity index is 965. The van der Waals surface area contributed by atoms with E-state index in [1.54, 1.807) is 31.2 Å². The quantitative estimate of drug-likeness (QED) is 0.766. The maximum Gasteiger partial charge on any atom is 0.291 e. The third kappa shape index (κ3) is 3.86. The number of sulfonamides is 1. The maximum absolute atomic E-state index is 12.7. The van der Waals surface area contributed by atoms with E-state index in [0.29, 0.717) is 23.3 Å². The summed E-state index contributed by atoms with van der Waals surface area (Å²) in [5.41, 5.74) is 0.513. The molecule has 4 unspecified atom stereocenters. The maximum atomic E-state index is 12.7. The predicted octanol–water partition coefficient (Wildman–Crippen LogP) is 3.94. The predicted molar refractivity (Wildman–Crippen MR) is 107 cm³/mol. The van der Waals surface area contributed by atoms with Crippen LogP contribution in [0, 0.1) is 24.7 Å². The van der Waals surface area contributed by atoms with Crippen LogP contribution in [0.5, 0.6) is 0 Å². The molecule has 1 amide bonds. The van der Waals surface area contributed by atoms with Crippen LogP contribution in [0.4, 0.5) is 5.69 Å². The van der Waals surface area contributed by atoms with Gasteiger partial charge in [-0.3, -0.25) is 4.79 Å². The molecule has 28 heavy (non-hydrogen) atoms. The smallest absolute Gasteiger partial charge is 0.291 e. The summed E-state index contributed by atoms with van der Waals surface area (Å²) in [7, 11) is -3.59. The van der Waals surface area contributed by atoms with Gasteiger partial charge in [-0.25, -0.2) is 13.1 Å². The molecule has 2 aliphatic rings. The fourth-order valence-electron chi connectivity index (χ4n) is 4.77. The molecule has 2 N–H and O–H groups in total. The van der Waals surface area contributed by atoms with Gasteiger partial charge in [0.05, 0.1) is 4.90 Å². The summed E-state index contributed by atoms with van der Waals surface area (Å²) in [6.45, 7) is 3.74. The van der Waals surface area contributed by atoms with E-state index < -0.39 is 10.0 Å². The Morgan fingerprint density at radius 2 is 1.86 bits per heavy atom. The first-order valence-corrected chi connectivity index (χ1v) is 11.3. The van der Waals surface area contributed by atoms with Crippen LogP contribution in [-0.4, -0.2) is 20.4 Å². The largest absolute Gasteiger partial charge is 0.456 e. The second kappa shape index (κ2) is 7.37. The molecule has 2 bridgehead atoms. The van der Waals surface area contributed by atoms with Crippen molar-refractivity contribution in [2.24, 2.45) is 17.8 Å². The second-order valence-corrected chi connectivity index (χ2v) is 9.85. The highest BCUT2D eigenvalue weighted by atomic mass is 32.2. The Kier molecular flexibility index (Phi) is 5.05. The van der Waals surface area contributed by atoms with Crippen LogP contribution in [0.15, 0.2) is 45.7 Å². The summed E-state index contributed by atoms with van der Waals surface area (Å²) < 4.78 is 33.6. The molecule has 2 aromatic rings. The number of aryl methyl sites for hydroxylation is 1. The Morgan fingerprint density at radius 3 is 2.43 bits per heavy atom. The Labute approximate surface area is 165 Å². The molecule has 150 valence electrons. The van der Waals surface area contributed by atoms with Crippen LogP contribution in [0.1, 0.15) is 48.9 Å². The van der Waals surface area contributed by atoms with E-state index in [0.717, 1.165) is 12.3 Å². The molecule has 2 saturated carbocycles. The lowest BCUT2D eigenvalue weighted by Crippen LogP contribution is -2.40. The highest BCUT2D eigenvalue weighted by molar-refractivity contribution is 7.89. The molecule has 4 rings (SSSR count). The van der Waals surface area contributed by atoms with E-state index in [9.17, 15) is 13.2 Å². The first kappa shape index (κ1) is 19.2. The molecule has 0 saturated heterocycles. The number of hydrogen-bond acceptors (Lipinski definition) is 4. The average Bonchev–Trinajstić information content (AvgIpc) is 3.38. The minimum absolute atomic E-state index is 0.0677. The summed E-state index contributed by atoms with van der Waals surface area (Å²) in [6.07, 6.45) is 4.91. The highest BCUT2D eigenvalue weighted by Gasteiger charge is 2.42. The van der Waals surface area contributed by atoms with Gasteiger partial charge < -0.3 is 9.73 Å². The normalized spacial score (nSPS) is 25.0. The zero-order chi connectivity index (χ0) is 19.9. The van der Waals surface area contributed by atoms with Crippen molar-refractivity contribution < 1.29 is 17.6 Å². The molecule has 2 aliphatic carbocycles. The van der Waals surface area contributed by atoms with Crippen LogP contribution < -0.4 is 10.0 Å². The van der Waals surface area contributed by atoms with Gasteiger partial charge in [-0.2, -0.15) is 0 Å². The van der Waals surface area contributed by atoms with E-state index >= 15 is 0 Å². The van der Waals surface area contributed by atoms with E-state index in [-0.39, 0.29) is 22.6 Å². The van der Waals surface area contributed by atoms with Crippen molar-refractivity contribution in [3.8, 4) is 0 Å². The lowest BCUT2D eigenvalue weighted by molar-refractivity contribution is 0.0995. The monoisotopic (exact) mass is 402 g/mol. The van der Waals surface area contributed by atoms with E-state index in [4.69, 9.17) is 4.42 Å². The molecule has 1 aromatic heterocycles. The van der Waals surface area contributed by atoms with E-state index in [1.807, 2.05) is 6.92 Å². The first-order chi connectivity index (χ1) is 13.3. The molecule has 6 nitrogen and oxygen atoms in total. The number of fused-ring (bicyclic) bond motifs is 2. The molecule has 0 radical (unpaired) electrons. The SMILES string of the molecule is Cc1ccc(C(=O)Nc2ccc(S(=O)(=O)NC(C)C3CC4CCC3C4)cc2)o1. The molecule has 1 heterocycles. The van der Waals surface area contributed by atoms with Gasteiger partial charge in [-0.15, -0.1) is 0 Å². The zero-order valence-electron chi connectivity index (χ0n) is 16.1. The molecule has 1 aromatic carbocycles. The standard InChI is InChI=1S/C21H26N2O4S/c1-13-3-10-20(27-13)21(24)22-17-6-8-18(9-7-17)28(25,26)23-14(2)19-12-15-4-5-16(19)11-15/h3,6-10,14-16,19,23H,4-5,11-12H2,1-2H3,(H,22,24). The average molecular weight is 403 g/mol. The van der Waals surface area contributed by atoms with Gasteiger partial charge in [0.15, 0.2) is 5.76 Å². The van der Waals surface area contributed by atoms with Crippen LogP contribution in [0.2, 0.25) is 0 Å². The third-order valence-electron chi connectivity index (χ3n) is 6.16. The lowest BCUT2D eigenvalue weighted by Gasteiger charge is -2.28. The fraction of sp³-hybridized carbons (Fsp3) is 0.476.